The predicted molar refractivity (Wildman–Crippen MR) is 125 cm³/mol. The third-order valence-electron chi connectivity index (χ3n) is 6.14. The fraction of sp³-hybridized carbons (Fsp3) is 0.385. The van der Waals surface area contributed by atoms with Crippen LogP contribution in [0, 0.1) is 6.92 Å². The van der Waals surface area contributed by atoms with Gasteiger partial charge < -0.3 is 19.4 Å². The van der Waals surface area contributed by atoms with E-state index in [4.69, 9.17) is 9.15 Å². The van der Waals surface area contributed by atoms with E-state index >= 15 is 0 Å². The molecule has 0 spiro atoms. The number of hydrogen-bond acceptors (Lipinski definition) is 5. The van der Waals surface area contributed by atoms with Crippen molar-refractivity contribution in [3.8, 4) is 5.75 Å². The van der Waals surface area contributed by atoms with E-state index in [1.165, 1.54) is 6.07 Å². The maximum Gasteiger partial charge on any atom is 0.336 e. The highest BCUT2D eigenvalue weighted by Gasteiger charge is 2.22. The highest BCUT2D eigenvalue weighted by molar-refractivity contribution is 5.94. The molecule has 4 rings (SSSR count). The third kappa shape index (κ3) is 5.19. The van der Waals surface area contributed by atoms with Crippen molar-refractivity contribution in [2.24, 2.45) is 0 Å². The Balaban J connectivity index is 1.32. The van der Waals surface area contributed by atoms with Gasteiger partial charge in [-0.15, -0.1) is 0 Å². The first-order chi connectivity index (χ1) is 15.4. The number of benzene rings is 2. The van der Waals surface area contributed by atoms with E-state index in [0.717, 1.165) is 42.4 Å². The van der Waals surface area contributed by atoms with E-state index in [9.17, 15) is 9.59 Å². The van der Waals surface area contributed by atoms with Gasteiger partial charge in [0.2, 0.25) is 0 Å². The number of aryl methyl sites for hydroxylation is 1. The van der Waals surface area contributed by atoms with Gasteiger partial charge in [0.15, 0.2) is 0 Å². The number of piperidine rings is 1. The van der Waals surface area contributed by atoms with E-state index in [0.29, 0.717) is 29.5 Å². The molecule has 0 radical (unpaired) electrons. The highest BCUT2D eigenvalue weighted by Crippen LogP contribution is 2.23. The van der Waals surface area contributed by atoms with Crippen LogP contribution in [0.25, 0.3) is 11.0 Å². The predicted octanol–water partition coefficient (Wildman–Crippen LogP) is 4.28. The summed E-state index contributed by atoms with van der Waals surface area (Å²) < 4.78 is 11.1. The normalized spacial score (nSPS) is 15.2. The lowest BCUT2D eigenvalue weighted by molar-refractivity contribution is 0.0900. The second kappa shape index (κ2) is 9.57. The van der Waals surface area contributed by atoms with Crippen molar-refractivity contribution in [3.63, 3.8) is 0 Å². The Bertz CT molecular complexity index is 1140. The Morgan fingerprint density at radius 1 is 1.12 bits per heavy atom. The summed E-state index contributed by atoms with van der Waals surface area (Å²) in [5, 5.41) is 4.06. The van der Waals surface area contributed by atoms with Gasteiger partial charge in [0, 0.05) is 48.3 Å². The fourth-order valence-electron chi connectivity index (χ4n) is 4.14. The maximum absolute atomic E-state index is 12.6. The number of likely N-dealkylation sites (tertiary alicyclic amines) is 1. The molecule has 1 amide bonds. The number of nitrogens with zero attached hydrogens (tertiary/aromatic N) is 1. The number of hydrogen-bond donors (Lipinski definition) is 1. The third-order valence-corrected chi connectivity index (χ3v) is 6.14. The van der Waals surface area contributed by atoms with Crippen LogP contribution < -0.4 is 15.7 Å². The van der Waals surface area contributed by atoms with Gasteiger partial charge in [-0.2, -0.15) is 0 Å². The standard InChI is InChI=1S/C26H30N2O4/c1-17(2)28-12-10-21(11-13-28)27-26(30)20-6-4-19(5-7-20)16-31-22-8-9-23-18(3)14-25(29)32-24(23)15-22/h4-9,14-15,17,21H,10-13,16H2,1-3H3,(H,27,30). The lowest BCUT2D eigenvalue weighted by Crippen LogP contribution is -2.46. The summed E-state index contributed by atoms with van der Waals surface area (Å²) in [6, 6.07) is 15.2. The topological polar surface area (TPSA) is 71.8 Å². The van der Waals surface area contributed by atoms with Crippen molar-refractivity contribution in [2.75, 3.05) is 13.1 Å². The number of rotatable bonds is 6. The molecule has 0 unspecified atom stereocenters. The summed E-state index contributed by atoms with van der Waals surface area (Å²) in [6.07, 6.45) is 1.97. The first-order valence-electron chi connectivity index (χ1n) is 11.2. The SMILES string of the molecule is Cc1cc(=O)oc2cc(OCc3ccc(C(=O)NC4CCN(C(C)C)CC4)cc3)ccc12. The first-order valence-corrected chi connectivity index (χ1v) is 11.2. The minimum absolute atomic E-state index is 0.0274. The molecule has 168 valence electrons. The molecule has 1 fully saturated rings. The van der Waals surface area contributed by atoms with E-state index in [1.54, 1.807) is 6.07 Å². The van der Waals surface area contributed by atoms with Crippen LogP contribution in [0.4, 0.5) is 0 Å². The van der Waals surface area contributed by atoms with Crippen molar-refractivity contribution in [3.05, 3.63) is 75.6 Å². The Labute approximate surface area is 188 Å². The highest BCUT2D eigenvalue weighted by atomic mass is 16.5. The molecule has 1 aliphatic heterocycles. The second-order valence-electron chi connectivity index (χ2n) is 8.77. The van der Waals surface area contributed by atoms with Crippen molar-refractivity contribution in [1.29, 1.82) is 0 Å². The van der Waals surface area contributed by atoms with Gasteiger partial charge in [0.1, 0.15) is 17.9 Å². The molecule has 1 aliphatic rings. The van der Waals surface area contributed by atoms with E-state index in [-0.39, 0.29) is 17.6 Å². The fourth-order valence-corrected chi connectivity index (χ4v) is 4.14. The number of carbonyl (C=O) groups is 1. The summed E-state index contributed by atoms with van der Waals surface area (Å²) in [6.45, 7) is 8.71. The smallest absolute Gasteiger partial charge is 0.336 e. The summed E-state index contributed by atoms with van der Waals surface area (Å²) in [5.41, 5.74) is 2.63. The van der Waals surface area contributed by atoms with Gasteiger partial charge in [0.25, 0.3) is 5.91 Å². The van der Waals surface area contributed by atoms with Crippen molar-refractivity contribution in [2.45, 2.75) is 52.3 Å². The molecule has 1 N–H and O–H groups in total. The largest absolute Gasteiger partial charge is 0.489 e. The Hall–Kier alpha value is -3.12. The number of ether oxygens (including phenoxy) is 1. The number of nitrogens with one attached hydrogen (secondary N) is 1. The van der Waals surface area contributed by atoms with Gasteiger partial charge in [-0.1, -0.05) is 12.1 Å². The molecule has 2 heterocycles. The summed E-state index contributed by atoms with van der Waals surface area (Å²) >= 11 is 0. The molecule has 6 heteroatoms. The van der Waals surface area contributed by atoms with Crippen LogP contribution >= 0.6 is 0 Å². The Kier molecular flexibility index (Phi) is 6.61. The lowest BCUT2D eigenvalue weighted by atomic mass is 10.0. The zero-order valence-electron chi connectivity index (χ0n) is 18.9. The zero-order valence-corrected chi connectivity index (χ0v) is 18.9. The van der Waals surface area contributed by atoms with Crippen LogP contribution in [0.1, 0.15) is 48.2 Å². The molecule has 1 saturated heterocycles. The first kappa shape index (κ1) is 22.1. The molecule has 0 aliphatic carbocycles. The van der Waals surface area contributed by atoms with E-state index in [1.807, 2.05) is 43.3 Å². The van der Waals surface area contributed by atoms with Crippen molar-refractivity contribution >= 4 is 16.9 Å². The number of fused-ring (bicyclic) bond motifs is 1. The summed E-state index contributed by atoms with van der Waals surface area (Å²) in [5.74, 6) is 0.598. The van der Waals surface area contributed by atoms with Crippen molar-refractivity contribution in [1.82, 2.24) is 10.2 Å². The van der Waals surface area contributed by atoms with Crippen LogP contribution in [0.5, 0.6) is 5.75 Å². The molecule has 1 aromatic heterocycles. The van der Waals surface area contributed by atoms with Crippen molar-refractivity contribution < 1.29 is 13.9 Å². The molecule has 6 nitrogen and oxygen atoms in total. The van der Waals surface area contributed by atoms with Crippen LogP contribution in [0.15, 0.2) is 57.7 Å². The Morgan fingerprint density at radius 3 is 2.53 bits per heavy atom. The minimum Gasteiger partial charge on any atom is -0.489 e. The van der Waals surface area contributed by atoms with Crippen LogP contribution in [-0.4, -0.2) is 36.0 Å². The van der Waals surface area contributed by atoms with Crippen LogP contribution in [0.2, 0.25) is 0 Å². The van der Waals surface area contributed by atoms with Gasteiger partial charge in [0.05, 0.1) is 0 Å². The monoisotopic (exact) mass is 434 g/mol. The molecule has 2 aromatic carbocycles. The van der Waals surface area contributed by atoms with Gasteiger partial charge in [-0.05, 0) is 69.0 Å². The number of amides is 1. The average Bonchev–Trinajstić information content (AvgIpc) is 2.78. The van der Waals surface area contributed by atoms with E-state index in [2.05, 4.69) is 24.1 Å². The summed E-state index contributed by atoms with van der Waals surface area (Å²) in [7, 11) is 0. The van der Waals surface area contributed by atoms with Gasteiger partial charge in [-0.3, -0.25) is 4.79 Å². The zero-order chi connectivity index (χ0) is 22.7. The lowest BCUT2D eigenvalue weighted by Gasteiger charge is -2.34. The summed E-state index contributed by atoms with van der Waals surface area (Å²) in [4.78, 5) is 26.7. The van der Waals surface area contributed by atoms with Gasteiger partial charge in [-0.25, -0.2) is 4.79 Å². The van der Waals surface area contributed by atoms with Gasteiger partial charge >= 0.3 is 5.63 Å². The second-order valence-corrected chi connectivity index (χ2v) is 8.77. The number of carbonyl (C=O) groups excluding carboxylic acids is 1. The Morgan fingerprint density at radius 2 is 1.84 bits per heavy atom. The molecular formula is C26H30N2O4. The van der Waals surface area contributed by atoms with Crippen LogP contribution in [-0.2, 0) is 6.61 Å². The van der Waals surface area contributed by atoms with Crippen LogP contribution in [0.3, 0.4) is 0 Å². The molecule has 0 bridgehead atoms. The minimum atomic E-state index is -0.369. The quantitative estimate of drug-likeness (QED) is 0.586. The molecule has 0 saturated carbocycles. The molecular weight excluding hydrogens is 404 g/mol. The van der Waals surface area contributed by atoms with E-state index < -0.39 is 0 Å². The maximum atomic E-state index is 12.6. The average molecular weight is 435 g/mol. The molecule has 32 heavy (non-hydrogen) atoms. The molecule has 3 aromatic rings. The molecule has 0 atom stereocenters.